The fourth-order valence-electron chi connectivity index (χ4n) is 2.39. The van der Waals surface area contributed by atoms with Crippen LogP contribution in [-0.4, -0.2) is 28.0 Å². The van der Waals surface area contributed by atoms with Gasteiger partial charge in [-0.3, -0.25) is 4.79 Å². The normalized spacial score (nSPS) is 10.6. The van der Waals surface area contributed by atoms with Crippen LogP contribution in [0.2, 0.25) is 0 Å². The predicted molar refractivity (Wildman–Crippen MR) is 98.6 cm³/mol. The third kappa shape index (κ3) is 3.83. The zero-order valence-corrected chi connectivity index (χ0v) is 15.3. The van der Waals surface area contributed by atoms with Crippen molar-refractivity contribution in [2.75, 3.05) is 18.2 Å². The van der Waals surface area contributed by atoms with Crippen LogP contribution in [0.15, 0.2) is 46.9 Å². The van der Waals surface area contributed by atoms with Gasteiger partial charge in [-0.15, -0.1) is 5.10 Å². The monoisotopic (exact) mass is 419 g/mol. The van der Waals surface area contributed by atoms with Gasteiger partial charge in [0.15, 0.2) is 11.5 Å². The molecule has 0 aliphatic heterocycles. The summed E-state index contributed by atoms with van der Waals surface area (Å²) in [6.45, 7) is 0.273. The second kappa shape index (κ2) is 7.52. The molecule has 3 aromatic rings. The Kier molecular flexibility index (Phi) is 5.17. The number of hydrogen-bond donors (Lipinski definition) is 2. The fourth-order valence-corrected chi connectivity index (χ4v) is 2.80. The van der Waals surface area contributed by atoms with E-state index < -0.39 is 11.7 Å². The van der Waals surface area contributed by atoms with E-state index in [-0.39, 0.29) is 18.1 Å². The first-order valence-electron chi connectivity index (χ1n) is 7.56. The number of carbonyl (C=O) groups is 1. The number of halogens is 2. The SMILES string of the molecule is COc1ccc(Br)cc1Cn1nnc(C(=O)Nc2cccc(F)c2)c1N. The zero-order valence-electron chi connectivity index (χ0n) is 13.7. The number of ether oxygens (including phenoxy) is 1. The van der Waals surface area contributed by atoms with Crippen molar-refractivity contribution in [2.24, 2.45) is 0 Å². The van der Waals surface area contributed by atoms with Crippen molar-refractivity contribution in [2.45, 2.75) is 6.54 Å². The molecule has 1 amide bonds. The second-order valence-corrected chi connectivity index (χ2v) is 6.32. The van der Waals surface area contributed by atoms with Crippen LogP contribution in [0.4, 0.5) is 15.9 Å². The van der Waals surface area contributed by atoms with Crippen LogP contribution in [0.1, 0.15) is 16.1 Å². The quantitative estimate of drug-likeness (QED) is 0.662. The summed E-state index contributed by atoms with van der Waals surface area (Å²) in [5.74, 6) is -0.267. The molecule has 3 rings (SSSR count). The number of nitrogen functional groups attached to an aromatic ring is 1. The Morgan fingerprint density at radius 2 is 2.15 bits per heavy atom. The molecule has 0 fully saturated rings. The van der Waals surface area contributed by atoms with E-state index in [0.717, 1.165) is 10.0 Å². The Morgan fingerprint density at radius 3 is 2.88 bits per heavy atom. The molecule has 0 unspecified atom stereocenters. The van der Waals surface area contributed by atoms with Gasteiger partial charge >= 0.3 is 0 Å². The molecule has 1 heterocycles. The number of nitrogens with zero attached hydrogens (tertiary/aromatic N) is 3. The number of benzene rings is 2. The van der Waals surface area contributed by atoms with Crippen LogP contribution in [0.5, 0.6) is 5.75 Å². The minimum atomic E-state index is -0.569. The minimum absolute atomic E-state index is 0.0387. The number of aromatic nitrogens is 3. The molecule has 0 spiro atoms. The van der Waals surface area contributed by atoms with E-state index in [4.69, 9.17) is 10.5 Å². The number of rotatable bonds is 5. The van der Waals surface area contributed by atoms with Crippen molar-refractivity contribution in [1.82, 2.24) is 15.0 Å². The number of nitrogens with one attached hydrogen (secondary N) is 1. The maximum atomic E-state index is 13.2. The summed E-state index contributed by atoms with van der Waals surface area (Å²) in [6, 6.07) is 11.1. The molecule has 0 bridgehead atoms. The Bertz CT molecular complexity index is 960. The van der Waals surface area contributed by atoms with Crippen LogP contribution in [0.3, 0.4) is 0 Å². The zero-order chi connectivity index (χ0) is 18.7. The highest BCUT2D eigenvalue weighted by Crippen LogP contribution is 2.24. The van der Waals surface area contributed by atoms with Crippen LogP contribution >= 0.6 is 15.9 Å². The molecule has 0 atom stereocenters. The Hall–Kier alpha value is -2.94. The van der Waals surface area contributed by atoms with Gasteiger partial charge < -0.3 is 15.8 Å². The summed E-state index contributed by atoms with van der Waals surface area (Å²) in [5.41, 5.74) is 7.10. The first kappa shape index (κ1) is 17.9. The number of hydrogen-bond acceptors (Lipinski definition) is 5. The van der Waals surface area contributed by atoms with Gasteiger partial charge in [0.1, 0.15) is 11.6 Å². The van der Waals surface area contributed by atoms with E-state index in [9.17, 15) is 9.18 Å². The van der Waals surface area contributed by atoms with Crippen molar-refractivity contribution in [3.63, 3.8) is 0 Å². The van der Waals surface area contributed by atoms with Crippen LogP contribution in [-0.2, 0) is 6.54 Å². The van der Waals surface area contributed by atoms with Gasteiger partial charge in [0.05, 0.1) is 13.7 Å². The lowest BCUT2D eigenvalue weighted by atomic mass is 10.2. The van der Waals surface area contributed by atoms with Crippen molar-refractivity contribution < 1.29 is 13.9 Å². The second-order valence-electron chi connectivity index (χ2n) is 5.40. The first-order chi connectivity index (χ1) is 12.5. The Morgan fingerprint density at radius 1 is 1.35 bits per heavy atom. The molecule has 0 saturated carbocycles. The van der Waals surface area contributed by atoms with Crippen molar-refractivity contribution >= 4 is 33.3 Å². The summed E-state index contributed by atoms with van der Waals surface area (Å²) >= 11 is 3.40. The molecular weight excluding hydrogens is 405 g/mol. The predicted octanol–water partition coefficient (Wildman–Crippen LogP) is 3.07. The molecule has 134 valence electrons. The number of nitrogens with two attached hydrogens (primary N) is 1. The number of methoxy groups -OCH3 is 1. The van der Waals surface area contributed by atoms with Crippen LogP contribution < -0.4 is 15.8 Å². The third-order valence-corrected chi connectivity index (χ3v) is 4.13. The maximum Gasteiger partial charge on any atom is 0.280 e. The van der Waals surface area contributed by atoms with E-state index in [1.54, 1.807) is 13.2 Å². The molecule has 7 nitrogen and oxygen atoms in total. The number of anilines is 2. The lowest BCUT2D eigenvalue weighted by molar-refractivity contribution is 0.102. The largest absolute Gasteiger partial charge is 0.496 e. The minimum Gasteiger partial charge on any atom is -0.496 e. The Balaban J connectivity index is 1.82. The number of amides is 1. The maximum absolute atomic E-state index is 13.2. The van der Waals surface area contributed by atoms with Gasteiger partial charge in [-0.25, -0.2) is 9.07 Å². The van der Waals surface area contributed by atoms with Gasteiger partial charge in [-0.05, 0) is 36.4 Å². The average molecular weight is 420 g/mol. The topological polar surface area (TPSA) is 95.1 Å². The van der Waals surface area contributed by atoms with Crippen molar-refractivity contribution in [3.05, 3.63) is 64.0 Å². The van der Waals surface area contributed by atoms with Crippen LogP contribution in [0, 0.1) is 5.82 Å². The smallest absolute Gasteiger partial charge is 0.280 e. The summed E-state index contributed by atoms with van der Waals surface area (Å²) < 4.78 is 20.8. The highest BCUT2D eigenvalue weighted by molar-refractivity contribution is 9.10. The molecule has 0 saturated heterocycles. The van der Waals surface area contributed by atoms with Crippen LogP contribution in [0.25, 0.3) is 0 Å². The molecular formula is C17H15BrFN5O2. The molecule has 1 aromatic heterocycles. The van der Waals surface area contributed by atoms with Gasteiger partial charge in [-0.1, -0.05) is 27.2 Å². The molecule has 0 aliphatic rings. The van der Waals surface area contributed by atoms with Crippen molar-refractivity contribution in [1.29, 1.82) is 0 Å². The average Bonchev–Trinajstić information content (AvgIpc) is 2.96. The van der Waals surface area contributed by atoms with E-state index >= 15 is 0 Å². The molecule has 9 heteroatoms. The van der Waals surface area contributed by atoms with Crippen molar-refractivity contribution in [3.8, 4) is 5.75 Å². The summed E-state index contributed by atoms with van der Waals surface area (Å²) in [6.07, 6.45) is 0. The lowest BCUT2D eigenvalue weighted by Gasteiger charge is -2.10. The van der Waals surface area contributed by atoms with E-state index in [2.05, 4.69) is 31.6 Å². The summed E-state index contributed by atoms with van der Waals surface area (Å²) in [5, 5.41) is 10.3. The molecule has 0 aliphatic carbocycles. The molecule has 3 N–H and O–H groups in total. The highest BCUT2D eigenvalue weighted by atomic mass is 79.9. The van der Waals surface area contributed by atoms with Gasteiger partial charge in [-0.2, -0.15) is 0 Å². The lowest BCUT2D eigenvalue weighted by Crippen LogP contribution is -2.15. The standard InChI is InChI=1S/C17H15BrFN5O2/c1-26-14-6-5-11(18)7-10(14)9-24-16(20)15(22-23-24)17(25)21-13-4-2-3-12(19)8-13/h2-8H,9,20H2,1H3,(H,21,25). The van der Waals surface area contributed by atoms with E-state index in [1.807, 2.05) is 18.2 Å². The van der Waals surface area contributed by atoms with Gasteiger partial charge in [0.2, 0.25) is 0 Å². The fraction of sp³-hybridized carbons (Fsp3) is 0.118. The first-order valence-corrected chi connectivity index (χ1v) is 8.35. The number of carbonyl (C=O) groups excluding carboxylic acids is 1. The van der Waals surface area contributed by atoms with E-state index in [1.165, 1.54) is 22.9 Å². The van der Waals surface area contributed by atoms with E-state index in [0.29, 0.717) is 11.4 Å². The van der Waals surface area contributed by atoms with Gasteiger partial charge in [0.25, 0.3) is 5.91 Å². The highest BCUT2D eigenvalue weighted by Gasteiger charge is 2.19. The molecule has 0 radical (unpaired) electrons. The third-order valence-electron chi connectivity index (χ3n) is 3.63. The molecule has 26 heavy (non-hydrogen) atoms. The summed E-state index contributed by atoms with van der Waals surface area (Å²) in [7, 11) is 1.56. The Labute approximate surface area is 157 Å². The molecule has 2 aromatic carbocycles. The van der Waals surface area contributed by atoms with Gasteiger partial charge in [0, 0.05) is 15.7 Å². The summed E-state index contributed by atoms with van der Waals surface area (Å²) in [4.78, 5) is 12.3.